The van der Waals surface area contributed by atoms with Crippen LogP contribution in [0.15, 0.2) is 42.5 Å². The number of para-hydroxylation sites is 1. The molecule has 2 aliphatic rings. The van der Waals surface area contributed by atoms with E-state index < -0.39 is 0 Å². The van der Waals surface area contributed by atoms with Crippen molar-refractivity contribution in [3.8, 4) is 5.75 Å². The van der Waals surface area contributed by atoms with E-state index in [1.165, 1.54) is 25.8 Å². The zero-order valence-electron chi connectivity index (χ0n) is 13.7. The second-order valence-electron chi connectivity index (χ2n) is 6.59. The number of hydrogen-bond acceptors (Lipinski definition) is 2. The molecule has 1 amide bonds. The lowest BCUT2D eigenvalue weighted by atomic mass is 9.94. The highest BCUT2D eigenvalue weighted by Gasteiger charge is 2.26. The van der Waals surface area contributed by atoms with Gasteiger partial charge in [-0.15, -0.1) is 0 Å². The van der Waals surface area contributed by atoms with Crippen LogP contribution in [-0.4, -0.2) is 50.1 Å². The number of benzene rings is 1. The van der Waals surface area contributed by atoms with Crippen molar-refractivity contribution >= 4 is 5.91 Å². The van der Waals surface area contributed by atoms with Crippen LogP contribution in [0.25, 0.3) is 0 Å². The van der Waals surface area contributed by atoms with Gasteiger partial charge in [0.15, 0.2) is 6.61 Å². The lowest BCUT2D eigenvalue weighted by Crippen LogP contribution is -3.15. The van der Waals surface area contributed by atoms with Crippen molar-refractivity contribution in [3.63, 3.8) is 0 Å². The van der Waals surface area contributed by atoms with Gasteiger partial charge in [0.05, 0.1) is 32.7 Å². The Labute approximate surface area is 138 Å². The van der Waals surface area contributed by atoms with Crippen molar-refractivity contribution < 1.29 is 14.4 Å². The number of nitrogens with one attached hydrogen (secondary N) is 1. The van der Waals surface area contributed by atoms with Gasteiger partial charge < -0.3 is 14.5 Å². The maximum Gasteiger partial charge on any atom is 0.260 e. The normalized spacial score (nSPS) is 22.1. The fourth-order valence-electron chi connectivity index (χ4n) is 3.48. The third-order valence-corrected chi connectivity index (χ3v) is 4.88. The summed E-state index contributed by atoms with van der Waals surface area (Å²) in [6.45, 7) is 5.25. The lowest BCUT2D eigenvalue weighted by molar-refractivity contribution is -0.907. The first-order valence-electron chi connectivity index (χ1n) is 8.75. The second-order valence-corrected chi connectivity index (χ2v) is 6.59. The molecule has 1 aliphatic heterocycles. The Bertz CT molecular complexity index is 521. The predicted octanol–water partition coefficient (Wildman–Crippen LogP) is 1.15. The number of carbonyl (C=O) groups excluding carboxylic acids is 1. The molecule has 124 valence electrons. The smallest absolute Gasteiger partial charge is 0.260 e. The number of amides is 1. The van der Waals surface area contributed by atoms with Crippen LogP contribution in [0.3, 0.4) is 0 Å². The topological polar surface area (TPSA) is 34.0 Å². The summed E-state index contributed by atoms with van der Waals surface area (Å²) in [6.07, 6.45) is 8.42. The van der Waals surface area contributed by atoms with Crippen molar-refractivity contribution in [2.75, 3.05) is 39.3 Å². The van der Waals surface area contributed by atoms with E-state index in [4.69, 9.17) is 4.74 Å². The van der Waals surface area contributed by atoms with E-state index in [0.29, 0.717) is 0 Å². The van der Waals surface area contributed by atoms with Gasteiger partial charge in [-0.05, 0) is 31.4 Å². The molecule has 4 nitrogen and oxygen atoms in total. The maximum atomic E-state index is 12.3. The molecule has 1 N–H and O–H groups in total. The number of piperazine rings is 1. The number of ether oxygens (including phenoxy) is 1. The second kappa shape index (κ2) is 8.16. The van der Waals surface area contributed by atoms with Crippen LogP contribution in [0.4, 0.5) is 0 Å². The minimum Gasteiger partial charge on any atom is -0.484 e. The average molecular weight is 315 g/mol. The third-order valence-electron chi connectivity index (χ3n) is 4.88. The van der Waals surface area contributed by atoms with Gasteiger partial charge in [-0.3, -0.25) is 4.79 Å². The van der Waals surface area contributed by atoms with Gasteiger partial charge in [0.2, 0.25) is 0 Å². The summed E-state index contributed by atoms with van der Waals surface area (Å²) in [6, 6.07) is 9.55. The van der Waals surface area contributed by atoms with E-state index in [9.17, 15) is 4.79 Å². The van der Waals surface area contributed by atoms with Gasteiger partial charge in [0.25, 0.3) is 5.91 Å². The summed E-state index contributed by atoms with van der Waals surface area (Å²) >= 11 is 0. The minimum atomic E-state index is 0.105. The summed E-state index contributed by atoms with van der Waals surface area (Å²) in [7, 11) is 0. The fourth-order valence-corrected chi connectivity index (χ4v) is 3.48. The Balaban J connectivity index is 1.38. The molecule has 0 unspecified atom stereocenters. The molecule has 0 saturated carbocycles. The van der Waals surface area contributed by atoms with Crippen LogP contribution in [0.2, 0.25) is 0 Å². The molecule has 0 bridgehead atoms. The number of hydrogen-bond donors (Lipinski definition) is 1. The summed E-state index contributed by atoms with van der Waals surface area (Å²) in [5.41, 5.74) is 0. The van der Waals surface area contributed by atoms with Crippen molar-refractivity contribution in [1.82, 2.24) is 4.90 Å². The van der Waals surface area contributed by atoms with Crippen LogP contribution in [0.5, 0.6) is 5.75 Å². The van der Waals surface area contributed by atoms with Crippen LogP contribution < -0.4 is 9.64 Å². The van der Waals surface area contributed by atoms with Crippen LogP contribution in [-0.2, 0) is 4.79 Å². The summed E-state index contributed by atoms with van der Waals surface area (Å²) in [5.74, 6) is 1.70. The molecule has 0 radical (unpaired) electrons. The summed E-state index contributed by atoms with van der Waals surface area (Å²) in [5, 5.41) is 0. The van der Waals surface area contributed by atoms with Crippen molar-refractivity contribution in [2.45, 2.75) is 19.3 Å². The highest BCUT2D eigenvalue weighted by Crippen LogP contribution is 2.16. The zero-order valence-corrected chi connectivity index (χ0v) is 13.7. The van der Waals surface area contributed by atoms with E-state index in [2.05, 4.69) is 12.2 Å². The number of allylic oxidation sites excluding steroid dienone is 2. The Morgan fingerprint density at radius 3 is 2.65 bits per heavy atom. The summed E-state index contributed by atoms with van der Waals surface area (Å²) < 4.78 is 5.56. The standard InChI is InChI=1S/C19H26N2O2/c22-19(16-23-18-9-5-2-6-10-18)21-13-11-20(12-14-21)15-17-7-3-1-4-8-17/h1-3,5-6,9-10,17H,4,7-8,11-16H2/p+1/t17-/m0/s1. The molecule has 3 rings (SSSR count). The zero-order chi connectivity index (χ0) is 15.9. The van der Waals surface area contributed by atoms with E-state index >= 15 is 0 Å². The Kier molecular flexibility index (Phi) is 5.70. The largest absolute Gasteiger partial charge is 0.484 e. The van der Waals surface area contributed by atoms with Crippen molar-refractivity contribution in [2.24, 2.45) is 5.92 Å². The monoisotopic (exact) mass is 315 g/mol. The number of nitrogens with zero attached hydrogens (tertiary/aromatic N) is 1. The van der Waals surface area contributed by atoms with Crippen LogP contribution in [0, 0.1) is 5.92 Å². The van der Waals surface area contributed by atoms with Crippen molar-refractivity contribution in [3.05, 3.63) is 42.5 Å². The number of quaternary nitrogens is 1. The molecule has 1 aromatic carbocycles. The SMILES string of the molecule is O=C(COc1ccccc1)N1CC[NH+](C[C@H]2CC=CCC2)CC1. The quantitative estimate of drug-likeness (QED) is 0.827. The lowest BCUT2D eigenvalue weighted by Gasteiger charge is -2.34. The molecule has 1 fully saturated rings. The third kappa shape index (κ3) is 4.83. The first kappa shape index (κ1) is 16.1. The van der Waals surface area contributed by atoms with E-state index in [0.717, 1.165) is 37.8 Å². The molecule has 0 spiro atoms. The molecule has 23 heavy (non-hydrogen) atoms. The van der Waals surface area contributed by atoms with Gasteiger partial charge in [-0.2, -0.15) is 0 Å². The van der Waals surface area contributed by atoms with Gasteiger partial charge in [-0.1, -0.05) is 30.4 Å². The molecule has 0 aromatic heterocycles. The average Bonchev–Trinajstić information content (AvgIpc) is 2.62. The Morgan fingerprint density at radius 2 is 1.96 bits per heavy atom. The van der Waals surface area contributed by atoms with E-state index in [-0.39, 0.29) is 12.5 Å². The van der Waals surface area contributed by atoms with Gasteiger partial charge in [-0.25, -0.2) is 0 Å². The van der Waals surface area contributed by atoms with Crippen molar-refractivity contribution in [1.29, 1.82) is 0 Å². The molecule has 4 heteroatoms. The van der Waals surface area contributed by atoms with Gasteiger partial charge in [0, 0.05) is 5.92 Å². The molecular weight excluding hydrogens is 288 g/mol. The number of rotatable bonds is 5. The molecular formula is C19H27N2O2+. The molecule has 1 aliphatic carbocycles. The predicted molar refractivity (Wildman–Crippen MR) is 90.6 cm³/mol. The van der Waals surface area contributed by atoms with Gasteiger partial charge >= 0.3 is 0 Å². The first-order chi connectivity index (χ1) is 11.3. The highest BCUT2D eigenvalue weighted by molar-refractivity contribution is 5.77. The van der Waals surface area contributed by atoms with E-state index in [1.807, 2.05) is 35.2 Å². The number of carbonyl (C=O) groups is 1. The van der Waals surface area contributed by atoms with Gasteiger partial charge in [0.1, 0.15) is 5.75 Å². The molecule has 1 heterocycles. The Hall–Kier alpha value is -1.81. The fraction of sp³-hybridized carbons (Fsp3) is 0.526. The molecule has 1 aromatic rings. The minimum absolute atomic E-state index is 0.105. The Morgan fingerprint density at radius 1 is 1.17 bits per heavy atom. The molecule has 1 saturated heterocycles. The van der Waals surface area contributed by atoms with Crippen LogP contribution >= 0.6 is 0 Å². The van der Waals surface area contributed by atoms with Crippen LogP contribution in [0.1, 0.15) is 19.3 Å². The maximum absolute atomic E-state index is 12.3. The molecule has 1 atom stereocenters. The van der Waals surface area contributed by atoms with E-state index in [1.54, 1.807) is 4.90 Å². The first-order valence-corrected chi connectivity index (χ1v) is 8.75. The summed E-state index contributed by atoms with van der Waals surface area (Å²) in [4.78, 5) is 15.9. The highest BCUT2D eigenvalue weighted by atomic mass is 16.5.